The van der Waals surface area contributed by atoms with Gasteiger partial charge in [-0.25, -0.2) is 0 Å². The van der Waals surface area contributed by atoms with Crippen molar-refractivity contribution in [2.45, 2.75) is 0 Å². The zero-order valence-corrected chi connectivity index (χ0v) is 26.2. The third kappa shape index (κ3) is 4.17. The fraction of sp³-hybridized carbons (Fsp3) is 0. The summed E-state index contributed by atoms with van der Waals surface area (Å²) in [5.74, 6) is 0. The molecule has 220 valence electrons. The summed E-state index contributed by atoms with van der Waals surface area (Å²) in [7, 11) is 0. The number of thiophene rings is 1. The van der Waals surface area contributed by atoms with Gasteiger partial charge in [0.1, 0.15) is 11.2 Å². The highest BCUT2D eigenvalue weighted by Gasteiger charge is 2.19. The minimum absolute atomic E-state index is 0.890. The van der Waals surface area contributed by atoms with Crippen LogP contribution < -0.4 is 4.90 Å². The van der Waals surface area contributed by atoms with E-state index in [1.54, 1.807) is 0 Å². The van der Waals surface area contributed by atoms with Crippen molar-refractivity contribution in [3.63, 3.8) is 0 Å². The van der Waals surface area contributed by atoms with Crippen molar-refractivity contribution in [2.24, 2.45) is 0 Å². The third-order valence-electron chi connectivity index (χ3n) is 9.43. The number of fused-ring (bicyclic) bond motifs is 10. The van der Waals surface area contributed by atoms with Crippen LogP contribution in [0.2, 0.25) is 0 Å². The van der Waals surface area contributed by atoms with Gasteiger partial charge >= 0.3 is 0 Å². The molecule has 2 nitrogen and oxygen atoms in total. The highest BCUT2D eigenvalue weighted by Crippen LogP contribution is 2.46. The molecule has 10 rings (SSSR count). The Hall–Kier alpha value is -5.90. The van der Waals surface area contributed by atoms with Crippen LogP contribution in [0, 0.1) is 0 Å². The topological polar surface area (TPSA) is 16.4 Å². The van der Waals surface area contributed by atoms with Crippen LogP contribution in [0.1, 0.15) is 0 Å². The first-order valence-corrected chi connectivity index (χ1v) is 16.7. The monoisotopic (exact) mass is 617 g/mol. The Labute approximate surface area is 275 Å². The van der Waals surface area contributed by atoms with Crippen LogP contribution in [0.15, 0.2) is 168 Å². The number of para-hydroxylation sites is 1. The van der Waals surface area contributed by atoms with E-state index >= 15 is 0 Å². The molecule has 8 aromatic carbocycles. The Kier molecular flexibility index (Phi) is 5.78. The molecular formula is C44H27NOS. The van der Waals surface area contributed by atoms with Crippen molar-refractivity contribution in [3.05, 3.63) is 164 Å². The lowest BCUT2D eigenvalue weighted by molar-refractivity contribution is 0.669. The largest absolute Gasteiger partial charge is 0.456 e. The first kappa shape index (κ1) is 26.3. The standard InChI is InChI=1S/C44H27NOS/c1-2-11-33(12-3-1)45(34-19-16-29(17-20-34)32-15-14-28-8-4-5-10-31(28)26-32)35-21-23-39-41(27-35)46-40-25-24-38-37-22-18-30-9-6-7-13-36(30)43(37)47-44(38)42(39)40/h1-27H. The Morgan fingerprint density at radius 1 is 0.383 bits per heavy atom. The van der Waals surface area contributed by atoms with E-state index in [1.807, 2.05) is 11.3 Å². The number of rotatable bonds is 4. The molecule has 2 heterocycles. The van der Waals surface area contributed by atoms with Gasteiger partial charge in [-0.1, -0.05) is 103 Å². The Balaban J connectivity index is 1.11. The average molecular weight is 618 g/mol. The van der Waals surface area contributed by atoms with Gasteiger partial charge in [0.2, 0.25) is 0 Å². The summed E-state index contributed by atoms with van der Waals surface area (Å²) >= 11 is 1.87. The predicted molar refractivity (Wildman–Crippen MR) is 202 cm³/mol. The van der Waals surface area contributed by atoms with Gasteiger partial charge in [0.05, 0.1) is 0 Å². The molecule has 0 unspecified atom stereocenters. The van der Waals surface area contributed by atoms with E-state index in [0.29, 0.717) is 0 Å². The van der Waals surface area contributed by atoms with E-state index in [9.17, 15) is 0 Å². The maximum atomic E-state index is 6.60. The molecule has 0 spiro atoms. The zero-order chi connectivity index (χ0) is 30.9. The van der Waals surface area contributed by atoms with Crippen LogP contribution in [0.5, 0.6) is 0 Å². The Morgan fingerprint density at radius 2 is 1.02 bits per heavy atom. The second-order valence-electron chi connectivity index (χ2n) is 12.1. The molecule has 0 aliphatic heterocycles. The number of anilines is 3. The number of hydrogen-bond acceptors (Lipinski definition) is 3. The summed E-state index contributed by atoms with van der Waals surface area (Å²) in [4.78, 5) is 2.30. The summed E-state index contributed by atoms with van der Waals surface area (Å²) in [5, 5.41) is 10.0. The molecule has 0 N–H and O–H groups in total. The average Bonchev–Trinajstić information content (AvgIpc) is 3.70. The lowest BCUT2D eigenvalue weighted by Gasteiger charge is -2.25. The second-order valence-corrected chi connectivity index (χ2v) is 13.2. The van der Waals surface area contributed by atoms with Crippen LogP contribution in [-0.4, -0.2) is 0 Å². The number of nitrogens with zero attached hydrogens (tertiary/aromatic N) is 1. The smallest absolute Gasteiger partial charge is 0.137 e. The summed E-state index contributed by atoms with van der Waals surface area (Å²) in [6, 6.07) is 58.8. The van der Waals surface area contributed by atoms with Crippen LogP contribution in [-0.2, 0) is 0 Å². The van der Waals surface area contributed by atoms with Gasteiger partial charge in [-0.15, -0.1) is 11.3 Å². The summed E-state index contributed by atoms with van der Waals surface area (Å²) in [6.07, 6.45) is 0. The molecule has 0 radical (unpaired) electrons. The van der Waals surface area contributed by atoms with Crippen molar-refractivity contribution in [1.29, 1.82) is 0 Å². The first-order valence-electron chi connectivity index (χ1n) is 15.9. The molecule has 0 atom stereocenters. The second kappa shape index (κ2) is 10.3. The minimum atomic E-state index is 0.890. The fourth-order valence-corrected chi connectivity index (χ4v) is 8.53. The van der Waals surface area contributed by atoms with Crippen molar-refractivity contribution >= 4 is 92.1 Å². The van der Waals surface area contributed by atoms with E-state index in [1.165, 1.54) is 58.2 Å². The van der Waals surface area contributed by atoms with Crippen LogP contribution in [0.25, 0.3) is 74.8 Å². The van der Waals surface area contributed by atoms with E-state index in [2.05, 4.69) is 169 Å². The highest BCUT2D eigenvalue weighted by atomic mass is 32.1. The van der Waals surface area contributed by atoms with Gasteiger partial charge in [0.25, 0.3) is 0 Å². The molecule has 0 fully saturated rings. The predicted octanol–water partition coefficient (Wildman–Crippen LogP) is 13.4. The number of hydrogen-bond donors (Lipinski definition) is 0. The molecule has 0 saturated heterocycles. The number of furan rings is 1. The maximum Gasteiger partial charge on any atom is 0.137 e. The fourth-order valence-electron chi connectivity index (χ4n) is 7.15. The summed E-state index contributed by atoms with van der Waals surface area (Å²) in [6.45, 7) is 0. The van der Waals surface area contributed by atoms with Gasteiger partial charge in [-0.05, 0) is 87.3 Å². The molecule has 0 aliphatic rings. The van der Waals surface area contributed by atoms with E-state index < -0.39 is 0 Å². The van der Waals surface area contributed by atoms with Gasteiger partial charge in [-0.2, -0.15) is 0 Å². The molecule has 47 heavy (non-hydrogen) atoms. The molecule has 0 amide bonds. The van der Waals surface area contributed by atoms with Crippen molar-refractivity contribution < 1.29 is 4.42 Å². The van der Waals surface area contributed by atoms with E-state index in [0.717, 1.165) is 33.6 Å². The van der Waals surface area contributed by atoms with Gasteiger partial charge in [0.15, 0.2) is 0 Å². The van der Waals surface area contributed by atoms with Crippen molar-refractivity contribution in [1.82, 2.24) is 0 Å². The van der Waals surface area contributed by atoms with Crippen LogP contribution in [0.3, 0.4) is 0 Å². The lowest BCUT2D eigenvalue weighted by Crippen LogP contribution is -2.09. The molecule has 0 saturated carbocycles. The van der Waals surface area contributed by atoms with Crippen LogP contribution >= 0.6 is 11.3 Å². The molecular weight excluding hydrogens is 591 g/mol. The highest BCUT2D eigenvalue weighted by molar-refractivity contribution is 7.27. The Bertz CT molecular complexity index is 2790. The van der Waals surface area contributed by atoms with E-state index in [-0.39, 0.29) is 0 Å². The van der Waals surface area contributed by atoms with Crippen molar-refractivity contribution in [2.75, 3.05) is 4.90 Å². The minimum Gasteiger partial charge on any atom is -0.456 e. The van der Waals surface area contributed by atoms with Crippen LogP contribution in [0.4, 0.5) is 17.1 Å². The molecule has 3 heteroatoms. The normalized spacial score (nSPS) is 11.8. The molecule has 10 aromatic rings. The number of benzene rings is 8. The van der Waals surface area contributed by atoms with E-state index in [4.69, 9.17) is 4.42 Å². The summed E-state index contributed by atoms with van der Waals surface area (Å²) < 4.78 is 9.21. The first-order chi connectivity index (χ1) is 23.3. The summed E-state index contributed by atoms with van der Waals surface area (Å²) in [5.41, 5.74) is 7.47. The SMILES string of the molecule is c1ccc(N(c2ccc(-c3ccc4ccccc4c3)cc2)c2ccc3c(c2)oc2ccc4c5ccc6ccccc6c5sc4c23)cc1. The van der Waals surface area contributed by atoms with Gasteiger partial charge in [0, 0.05) is 54.1 Å². The molecule has 0 bridgehead atoms. The molecule has 0 aliphatic carbocycles. The third-order valence-corrected chi connectivity index (χ3v) is 10.7. The van der Waals surface area contributed by atoms with Crippen molar-refractivity contribution in [3.8, 4) is 11.1 Å². The zero-order valence-electron chi connectivity index (χ0n) is 25.4. The van der Waals surface area contributed by atoms with Gasteiger partial charge < -0.3 is 9.32 Å². The van der Waals surface area contributed by atoms with Gasteiger partial charge in [-0.3, -0.25) is 0 Å². The molecule has 2 aromatic heterocycles. The Morgan fingerprint density at radius 3 is 1.89 bits per heavy atom. The lowest BCUT2D eigenvalue weighted by atomic mass is 10.0. The maximum absolute atomic E-state index is 6.60. The quantitative estimate of drug-likeness (QED) is 0.195.